The third-order valence-corrected chi connectivity index (χ3v) is 5.58. The van der Waals surface area contributed by atoms with Crippen molar-refractivity contribution in [2.45, 2.75) is 43.5 Å². The minimum absolute atomic E-state index is 0.000519. The largest absolute Gasteiger partial charge is 0.508 e. The third-order valence-electron chi connectivity index (χ3n) is 5.58. The number of nitrogens with one attached hydrogen (secondary N) is 2. The van der Waals surface area contributed by atoms with E-state index in [4.69, 9.17) is 11.5 Å². The Hall–Kier alpha value is -3.47. The minimum Gasteiger partial charge on any atom is -0.508 e. The standard InChI is InChI=1S/C23H28N4O6/c24-11-16(28)10-18-22(31)27-19(23(32)33)7-12-2-1-3-13(6-12)14-4-5-20(29)15(8-14)9-17(25)21(30)26-18/h1-6,8,16-19,28-29H,7,9-11,24-25H2,(H,26,30)(H,27,31)(H,32,33)/t16-,17+,18+,19+/m1/s1. The molecule has 4 atom stereocenters. The fourth-order valence-corrected chi connectivity index (χ4v) is 3.72. The zero-order valence-electron chi connectivity index (χ0n) is 17.9. The first-order valence-corrected chi connectivity index (χ1v) is 10.6. The topological polar surface area (TPSA) is 188 Å². The van der Waals surface area contributed by atoms with Gasteiger partial charge in [0.15, 0.2) is 0 Å². The van der Waals surface area contributed by atoms with Gasteiger partial charge in [-0.25, -0.2) is 4.79 Å². The molecule has 0 spiro atoms. The Kier molecular flexibility index (Phi) is 7.64. The van der Waals surface area contributed by atoms with Crippen LogP contribution < -0.4 is 22.1 Å². The number of amides is 2. The van der Waals surface area contributed by atoms with Crippen molar-refractivity contribution in [1.29, 1.82) is 0 Å². The van der Waals surface area contributed by atoms with Crippen LogP contribution in [-0.4, -0.2) is 63.9 Å². The predicted octanol–water partition coefficient (Wildman–Crippen LogP) is -0.751. The van der Waals surface area contributed by atoms with Crippen LogP contribution in [0.25, 0.3) is 11.1 Å². The number of phenolic OH excluding ortho intramolecular Hbond substituents is 1. The molecule has 1 aliphatic rings. The Labute approximate surface area is 190 Å². The second-order valence-corrected chi connectivity index (χ2v) is 8.14. The molecule has 10 heteroatoms. The van der Waals surface area contributed by atoms with Crippen molar-refractivity contribution in [3.05, 3.63) is 53.6 Å². The van der Waals surface area contributed by atoms with Crippen LogP contribution in [0.3, 0.4) is 0 Å². The van der Waals surface area contributed by atoms with E-state index in [2.05, 4.69) is 10.6 Å². The van der Waals surface area contributed by atoms with Gasteiger partial charge in [0.25, 0.3) is 0 Å². The number of carbonyl (C=O) groups excluding carboxylic acids is 2. The number of fused-ring (bicyclic) bond motifs is 5. The predicted molar refractivity (Wildman–Crippen MR) is 120 cm³/mol. The molecule has 176 valence electrons. The third kappa shape index (κ3) is 6.07. The zero-order valence-corrected chi connectivity index (χ0v) is 17.9. The van der Waals surface area contributed by atoms with Gasteiger partial charge < -0.3 is 37.4 Å². The lowest BCUT2D eigenvalue weighted by molar-refractivity contribution is -0.142. The molecule has 0 saturated heterocycles. The number of carboxylic acid groups (broad SMARTS) is 1. The van der Waals surface area contributed by atoms with Crippen LogP contribution in [0.15, 0.2) is 42.5 Å². The molecule has 0 unspecified atom stereocenters. The first-order valence-electron chi connectivity index (χ1n) is 10.6. The fraction of sp³-hybridized carbons (Fsp3) is 0.348. The Balaban J connectivity index is 2.05. The number of nitrogens with two attached hydrogens (primary N) is 2. The van der Waals surface area contributed by atoms with Gasteiger partial charge in [-0.05, 0) is 34.4 Å². The Morgan fingerprint density at radius 2 is 1.79 bits per heavy atom. The molecule has 9 N–H and O–H groups in total. The molecule has 0 aromatic heterocycles. The van der Waals surface area contributed by atoms with Crippen molar-refractivity contribution in [1.82, 2.24) is 10.6 Å². The van der Waals surface area contributed by atoms with Gasteiger partial charge in [-0.15, -0.1) is 0 Å². The maximum Gasteiger partial charge on any atom is 0.326 e. The quantitative estimate of drug-likeness (QED) is 0.313. The summed E-state index contributed by atoms with van der Waals surface area (Å²) >= 11 is 0. The summed E-state index contributed by atoms with van der Waals surface area (Å²) in [5.74, 6) is -2.73. The molecular weight excluding hydrogens is 428 g/mol. The van der Waals surface area contributed by atoms with E-state index >= 15 is 0 Å². The van der Waals surface area contributed by atoms with Crippen molar-refractivity contribution in [3.8, 4) is 16.9 Å². The van der Waals surface area contributed by atoms with Crippen LogP contribution in [0.5, 0.6) is 5.75 Å². The summed E-state index contributed by atoms with van der Waals surface area (Å²) < 4.78 is 0. The second kappa shape index (κ2) is 10.4. The maximum atomic E-state index is 12.9. The molecule has 2 amide bonds. The van der Waals surface area contributed by atoms with Crippen LogP contribution in [-0.2, 0) is 27.2 Å². The number of hydrogen-bond acceptors (Lipinski definition) is 7. The maximum absolute atomic E-state index is 12.9. The molecular formula is C23H28N4O6. The summed E-state index contributed by atoms with van der Waals surface area (Å²) in [6.45, 7) is -0.151. The van der Waals surface area contributed by atoms with Crippen molar-refractivity contribution in [3.63, 3.8) is 0 Å². The molecule has 0 radical (unpaired) electrons. The molecule has 0 aliphatic carbocycles. The molecule has 33 heavy (non-hydrogen) atoms. The number of hydrogen-bond donors (Lipinski definition) is 7. The molecule has 1 heterocycles. The highest BCUT2D eigenvalue weighted by Gasteiger charge is 2.30. The average molecular weight is 456 g/mol. The highest BCUT2D eigenvalue weighted by atomic mass is 16.4. The lowest BCUT2D eigenvalue weighted by Gasteiger charge is -2.24. The molecule has 1 aliphatic heterocycles. The van der Waals surface area contributed by atoms with Gasteiger partial charge in [-0.3, -0.25) is 9.59 Å². The lowest BCUT2D eigenvalue weighted by atomic mass is 9.96. The Morgan fingerprint density at radius 1 is 1.06 bits per heavy atom. The highest BCUT2D eigenvalue weighted by Crippen LogP contribution is 2.28. The van der Waals surface area contributed by atoms with Crippen molar-refractivity contribution < 1.29 is 29.7 Å². The number of aromatic hydroxyl groups is 1. The van der Waals surface area contributed by atoms with Crippen molar-refractivity contribution in [2.24, 2.45) is 11.5 Å². The SMILES string of the molecule is NC[C@H](O)C[C@@H]1NC(=O)[C@@H](N)Cc2cc(ccc2O)-c2cccc(c2)C[C@@H](C(=O)O)NC1=O. The highest BCUT2D eigenvalue weighted by molar-refractivity contribution is 5.92. The van der Waals surface area contributed by atoms with E-state index in [-0.39, 0.29) is 31.6 Å². The number of aliphatic carboxylic acids is 1. The summed E-state index contributed by atoms with van der Waals surface area (Å²) in [6, 6.07) is 8.47. The first-order chi connectivity index (χ1) is 15.7. The van der Waals surface area contributed by atoms with Gasteiger partial charge in [-0.1, -0.05) is 30.3 Å². The second-order valence-electron chi connectivity index (χ2n) is 8.14. The average Bonchev–Trinajstić information content (AvgIpc) is 2.78. The zero-order chi connectivity index (χ0) is 24.1. The van der Waals surface area contributed by atoms with Gasteiger partial charge in [0, 0.05) is 25.8 Å². The molecule has 2 aromatic rings. The summed E-state index contributed by atoms with van der Waals surface area (Å²) in [5.41, 5.74) is 14.1. The van der Waals surface area contributed by atoms with Gasteiger partial charge in [0.1, 0.15) is 17.8 Å². The normalized spacial score (nSPS) is 22.3. The van der Waals surface area contributed by atoms with E-state index in [0.29, 0.717) is 11.1 Å². The number of rotatable bonds is 4. The van der Waals surface area contributed by atoms with Crippen LogP contribution in [0.4, 0.5) is 0 Å². The summed E-state index contributed by atoms with van der Waals surface area (Å²) in [4.78, 5) is 37.5. The summed E-state index contributed by atoms with van der Waals surface area (Å²) in [7, 11) is 0. The van der Waals surface area contributed by atoms with Crippen LogP contribution in [0, 0.1) is 0 Å². The van der Waals surface area contributed by atoms with Gasteiger partial charge in [0.05, 0.1) is 12.1 Å². The Morgan fingerprint density at radius 3 is 2.48 bits per heavy atom. The van der Waals surface area contributed by atoms with Crippen LogP contribution in [0.1, 0.15) is 17.5 Å². The van der Waals surface area contributed by atoms with Gasteiger partial charge >= 0.3 is 5.97 Å². The smallest absolute Gasteiger partial charge is 0.326 e. The van der Waals surface area contributed by atoms with Crippen LogP contribution in [0.2, 0.25) is 0 Å². The van der Waals surface area contributed by atoms with E-state index < -0.39 is 42.0 Å². The number of benzene rings is 2. The lowest BCUT2D eigenvalue weighted by Crippen LogP contribution is -2.56. The summed E-state index contributed by atoms with van der Waals surface area (Å²) in [5, 5.41) is 34.8. The van der Waals surface area contributed by atoms with Crippen molar-refractivity contribution >= 4 is 17.8 Å². The van der Waals surface area contributed by atoms with E-state index in [1.54, 1.807) is 30.3 Å². The molecule has 10 nitrogen and oxygen atoms in total. The monoisotopic (exact) mass is 456 g/mol. The fourth-order valence-electron chi connectivity index (χ4n) is 3.72. The first kappa shape index (κ1) is 24.2. The molecule has 4 bridgehead atoms. The molecule has 3 rings (SSSR count). The Bertz CT molecular complexity index is 1040. The summed E-state index contributed by atoms with van der Waals surface area (Å²) in [6.07, 6.45) is -1.32. The van der Waals surface area contributed by atoms with E-state index in [0.717, 1.165) is 11.1 Å². The van der Waals surface area contributed by atoms with Gasteiger partial charge in [-0.2, -0.15) is 0 Å². The minimum atomic E-state index is -1.27. The number of aliphatic hydroxyl groups is 1. The molecule has 0 saturated carbocycles. The van der Waals surface area contributed by atoms with Crippen LogP contribution >= 0.6 is 0 Å². The van der Waals surface area contributed by atoms with Gasteiger partial charge in [0.2, 0.25) is 11.8 Å². The van der Waals surface area contributed by atoms with E-state index in [9.17, 15) is 29.7 Å². The number of carbonyl (C=O) groups is 3. The number of phenols is 1. The molecule has 2 aromatic carbocycles. The number of carboxylic acids is 1. The number of aliphatic hydroxyl groups excluding tert-OH is 1. The van der Waals surface area contributed by atoms with E-state index in [1.165, 1.54) is 6.07 Å². The van der Waals surface area contributed by atoms with Crippen molar-refractivity contribution in [2.75, 3.05) is 6.54 Å². The molecule has 0 fully saturated rings. The van der Waals surface area contributed by atoms with E-state index in [1.807, 2.05) is 6.07 Å².